The van der Waals surface area contributed by atoms with E-state index in [1.807, 2.05) is 42.5 Å². The standard InChI is InChI=1S/C20H18O4/c21-18-15-10-4-5-11-16(15)23-19(14-8-2-1-3-9-14)20(18)24-17-12-6-7-13-22-17/h1-5,8-11,17H,6-7,12-13H2/t17-/m0/s1. The maximum Gasteiger partial charge on any atom is 0.235 e. The van der Waals surface area contributed by atoms with Gasteiger partial charge in [0.15, 0.2) is 12.1 Å². The molecule has 1 atom stereocenters. The van der Waals surface area contributed by atoms with Gasteiger partial charge in [-0.05, 0) is 25.0 Å². The van der Waals surface area contributed by atoms with Crippen molar-refractivity contribution in [2.45, 2.75) is 25.6 Å². The molecule has 3 aromatic rings. The Bertz CT molecular complexity index is 892. The molecular weight excluding hydrogens is 304 g/mol. The van der Waals surface area contributed by atoms with Crippen LogP contribution in [0, 0.1) is 0 Å². The first-order valence-corrected chi connectivity index (χ1v) is 8.22. The largest absolute Gasteiger partial charge is 0.457 e. The van der Waals surface area contributed by atoms with Crippen LogP contribution in [0.15, 0.2) is 63.8 Å². The molecule has 4 rings (SSSR count). The Labute approximate surface area is 139 Å². The monoisotopic (exact) mass is 322 g/mol. The van der Waals surface area contributed by atoms with Crippen LogP contribution in [0.25, 0.3) is 22.3 Å². The minimum Gasteiger partial charge on any atom is -0.457 e. The Kier molecular flexibility index (Phi) is 4.05. The Morgan fingerprint density at radius 3 is 2.54 bits per heavy atom. The normalized spacial score (nSPS) is 17.8. The number of hydrogen-bond acceptors (Lipinski definition) is 4. The van der Waals surface area contributed by atoms with E-state index in [1.54, 1.807) is 12.1 Å². The SMILES string of the molecule is O=c1c(O[C@H]2CCCCO2)c(-c2ccccc2)oc2ccccc12. The highest BCUT2D eigenvalue weighted by Crippen LogP contribution is 2.32. The van der Waals surface area contributed by atoms with Gasteiger partial charge in [0.25, 0.3) is 0 Å². The van der Waals surface area contributed by atoms with Crippen LogP contribution >= 0.6 is 0 Å². The molecule has 1 aliphatic rings. The van der Waals surface area contributed by atoms with Gasteiger partial charge in [0.2, 0.25) is 11.2 Å². The zero-order valence-electron chi connectivity index (χ0n) is 13.2. The van der Waals surface area contributed by atoms with Gasteiger partial charge in [-0.25, -0.2) is 0 Å². The number of fused-ring (bicyclic) bond motifs is 1. The minimum absolute atomic E-state index is 0.162. The molecule has 0 aliphatic carbocycles. The van der Waals surface area contributed by atoms with Gasteiger partial charge in [0, 0.05) is 12.0 Å². The molecule has 1 aromatic heterocycles. The van der Waals surface area contributed by atoms with E-state index in [9.17, 15) is 4.79 Å². The van der Waals surface area contributed by atoms with Gasteiger partial charge in [-0.2, -0.15) is 0 Å². The molecule has 4 nitrogen and oxygen atoms in total. The van der Waals surface area contributed by atoms with Gasteiger partial charge in [-0.1, -0.05) is 42.5 Å². The molecule has 0 saturated carbocycles. The van der Waals surface area contributed by atoms with E-state index in [-0.39, 0.29) is 11.2 Å². The highest BCUT2D eigenvalue weighted by Gasteiger charge is 2.22. The van der Waals surface area contributed by atoms with Crippen molar-refractivity contribution in [3.63, 3.8) is 0 Å². The topological polar surface area (TPSA) is 48.7 Å². The fourth-order valence-corrected chi connectivity index (χ4v) is 2.95. The first-order valence-electron chi connectivity index (χ1n) is 8.22. The Morgan fingerprint density at radius 2 is 1.75 bits per heavy atom. The lowest BCUT2D eigenvalue weighted by atomic mass is 10.1. The summed E-state index contributed by atoms with van der Waals surface area (Å²) in [5.74, 6) is 0.681. The molecule has 4 heteroatoms. The average Bonchev–Trinajstić information content (AvgIpc) is 2.65. The van der Waals surface area contributed by atoms with Crippen molar-refractivity contribution < 1.29 is 13.9 Å². The molecule has 1 fully saturated rings. The second kappa shape index (κ2) is 6.49. The zero-order chi connectivity index (χ0) is 16.4. The molecule has 0 radical (unpaired) electrons. The fraction of sp³-hybridized carbons (Fsp3) is 0.250. The highest BCUT2D eigenvalue weighted by atomic mass is 16.7. The number of benzene rings is 2. The summed E-state index contributed by atoms with van der Waals surface area (Å²) in [6, 6.07) is 16.8. The van der Waals surface area contributed by atoms with E-state index in [0.29, 0.717) is 23.3 Å². The minimum atomic E-state index is -0.398. The maximum absolute atomic E-state index is 13.0. The summed E-state index contributed by atoms with van der Waals surface area (Å²) in [4.78, 5) is 13.0. The number of hydrogen-bond donors (Lipinski definition) is 0. The molecule has 24 heavy (non-hydrogen) atoms. The summed E-state index contributed by atoms with van der Waals surface area (Å²) < 4.78 is 17.6. The summed E-state index contributed by atoms with van der Waals surface area (Å²) in [5.41, 5.74) is 1.20. The van der Waals surface area contributed by atoms with E-state index in [1.165, 1.54) is 0 Å². The van der Waals surface area contributed by atoms with Crippen LogP contribution in [0.2, 0.25) is 0 Å². The van der Waals surface area contributed by atoms with Gasteiger partial charge >= 0.3 is 0 Å². The van der Waals surface area contributed by atoms with Crippen LogP contribution in [0.4, 0.5) is 0 Å². The molecule has 0 unspecified atom stereocenters. The smallest absolute Gasteiger partial charge is 0.235 e. The number of rotatable bonds is 3. The third-order valence-corrected chi connectivity index (χ3v) is 4.18. The first-order chi connectivity index (χ1) is 11.8. The van der Waals surface area contributed by atoms with Crippen molar-refractivity contribution in [1.29, 1.82) is 0 Å². The van der Waals surface area contributed by atoms with Crippen LogP contribution in [0.1, 0.15) is 19.3 Å². The van der Waals surface area contributed by atoms with Crippen molar-refractivity contribution in [2.75, 3.05) is 6.61 Å². The summed E-state index contributed by atoms with van der Waals surface area (Å²) in [7, 11) is 0. The van der Waals surface area contributed by atoms with Gasteiger partial charge in [-0.3, -0.25) is 4.79 Å². The Hall–Kier alpha value is -2.59. The van der Waals surface area contributed by atoms with Gasteiger partial charge in [0.05, 0.1) is 12.0 Å². The van der Waals surface area contributed by atoms with Crippen molar-refractivity contribution in [3.05, 3.63) is 64.8 Å². The van der Waals surface area contributed by atoms with Crippen LogP contribution in [0.5, 0.6) is 5.75 Å². The predicted octanol–water partition coefficient (Wildman–Crippen LogP) is 4.37. The molecular formula is C20H18O4. The first kappa shape index (κ1) is 15.0. The van der Waals surface area contributed by atoms with Crippen LogP contribution in [0.3, 0.4) is 0 Å². The molecule has 1 aliphatic heterocycles. The molecule has 1 saturated heterocycles. The molecule has 122 valence electrons. The van der Waals surface area contributed by atoms with E-state index < -0.39 is 6.29 Å². The third kappa shape index (κ3) is 2.81. The van der Waals surface area contributed by atoms with Crippen molar-refractivity contribution >= 4 is 11.0 Å². The highest BCUT2D eigenvalue weighted by molar-refractivity contribution is 5.81. The van der Waals surface area contributed by atoms with E-state index >= 15 is 0 Å². The second-order valence-corrected chi connectivity index (χ2v) is 5.87. The molecule has 0 N–H and O–H groups in total. The summed E-state index contributed by atoms with van der Waals surface area (Å²) in [5, 5.41) is 0.517. The maximum atomic E-state index is 13.0. The number of ether oxygens (including phenoxy) is 2. The lowest BCUT2D eigenvalue weighted by Crippen LogP contribution is -2.27. The Balaban J connectivity index is 1.88. The third-order valence-electron chi connectivity index (χ3n) is 4.18. The van der Waals surface area contributed by atoms with Crippen molar-refractivity contribution in [3.8, 4) is 17.1 Å². The lowest BCUT2D eigenvalue weighted by molar-refractivity contribution is -0.106. The van der Waals surface area contributed by atoms with E-state index in [2.05, 4.69) is 0 Å². The summed E-state index contributed by atoms with van der Waals surface area (Å²) in [6.45, 7) is 0.657. The lowest BCUT2D eigenvalue weighted by Gasteiger charge is -2.24. The van der Waals surface area contributed by atoms with Crippen LogP contribution < -0.4 is 10.2 Å². The van der Waals surface area contributed by atoms with Crippen molar-refractivity contribution in [1.82, 2.24) is 0 Å². The molecule has 0 amide bonds. The Morgan fingerprint density at radius 1 is 0.958 bits per heavy atom. The van der Waals surface area contributed by atoms with Crippen molar-refractivity contribution in [2.24, 2.45) is 0 Å². The summed E-state index contributed by atoms with van der Waals surface area (Å²) >= 11 is 0. The average molecular weight is 322 g/mol. The predicted molar refractivity (Wildman–Crippen MR) is 92.1 cm³/mol. The molecule has 2 heterocycles. The van der Waals surface area contributed by atoms with Gasteiger partial charge < -0.3 is 13.9 Å². The van der Waals surface area contributed by atoms with Crippen LogP contribution in [-0.4, -0.2) is 12.9 Å². The molecule has 0 spiro atoms. The molecule has 2 aromatic carbocycles. The second-order valence-electron chi connectivity index (χ2n) is 5.87. The molecule has 0 bridgehead atoms. The van der Waals surface area contributed by atoms with E-state index in [4.69, 9.17) is 13.9 Å². The zero-order valence-corrected chi connectivity index (χ0v) is 13.2. The number of para-hydroxylation sites is 1. The quantitative estimate of drug-likeness (QED) is 0.718. The van der Waals surface area contributed by atoms with Crippen LogP contribution in [-0.2, 0) is 4.74 Å². The van der Waals surface area contributed by atoms with E-state index in [0.717, 1.165) is 24.8 Å². The fourth-order valence-electron chi connectivity index (χ4n) is 2.95. The summed E-state index contributed by atoms with van der Waals surface area (Å²) in [6.07, 6.45) is 2.44. The van der Waals surface area contributed by atoms with Gasteiger partial charge in [0.1, 0.15) is 5.58 Å². The van der Waals surface area contributed by atoms with Gasteiger partial charge in [-0.15, -0.1) is 0 Å².